The maximum Gasteiger partial charge on any atom is 0.307 e. The monoisotopic (exact) mass is 509 g/mol. The summed E-state index contributed by atoms with van der Waals surface area (Å²) >= 11 is 12.5. The second-order valence-corrected chi connectivity index (χ2v) is 8.87. The lowest BCUT2D eigenvalue weighted by Crippen LogP contribution is -2.30. The highest BCUT2D eigenvalue weighted by Crippen LogP contribution is 2.35. The first-order valence-corrected chi connectivity index (χ1v) is 11.6. The number of benzene rings is 2. The zero-order chi connectivity index (χ0) is 24.0. The van der Waals surface area contributed by atoms with Gasteiger partial charge in [0.15, 0.2) is 11.5 Å². The van der Waals surface area contributed by atoms with Crippen molar-refractivity contribution in [2.75, 3.05) is 20.3 Å². The second kappa shape index (κ2) is 11.5. The number of carbonyl (C=O) groups is 2. The summed E-state index contributed by atoms with van der Waals surface area (Å²) in [4.78, 5) is 26.1. The molecule has 0 bridgehead atoms. The molecular weight excluding hydrogens is 489 g/mol. The van der Waals surface area contributed by atoms with E-state index in [1.54, 1.807) is 37.3 Å². The maximum absolute atomic E-state index is 14.0. The third kappa shape index (κ3) is 6.25. The molecule has 1 aliphatic rings. The summed E-state index contributed by atoms with van der Waals surface area (Å²) in [5, 5.41) is 0.274. The normalized spacial score (nSPS) is 14.7. The SMILES string of the molecule is CCOC(=O)CCN1C(=O)/C(=C\c2ccc(OCc3c(F)cccc3Cl)c(OC)c2)SC1=S. The number of halogens is 2. The minimum absolute atomic E-state index is 0.0689. The highest BCUT2D eigenvalue weighted by molar-refractivity contribution is 8.26. The van der Waals surface area contributed by atoms with Gasteiger partial charge in [0.05, 0.1) is 30.1 Å². The molecule has 0 spiro atoms. The van der Waals surface area contributed by atoms with Crippen molar-refractivity contribution in [2.24, 2.45) is 0 Å². The summed E-state index contributed by atoms with van der Waals surface area (Å²) < 4.78 is 30.4. The van der Waals surface area contributed by atoms with Crippen molar-refractivity contribution in [1.82, 2.24) is 4.90 Å². The van der Waals surface area contributed by atoms with E-state index in [-0.39, 0.29) is 48.6 Å². The summed E-state index contributed by atoms with van der Waals surface area (Å²) in [6.07, 6.45) is 1.75. The number of amides is 1. The van der Waals surface area contributed by atoms with E-state index in [0.717, 1.165) is 11.8 Å². The molecule has 2 aromatic carbocycles. The molecular formula is C23H21ClFNO5S2. The van der Waals surface area contributed by atoms with Gasteiger partial charge in [-0.15, -0.1) is 0 Å². The zero-order valence-corrected chi connectivity index (χ0v) is 20.3. The van der Waals surface area contributed by atoms with Crippen molar-refractivity contribution < 1.29 is 28.2 Å². The third-order valence-electron chi connectivity index (χ3n) is 4.64. The van der Waals surface area contributed by atoms with Crippen LogP contribution in [0.4, 0.5) is 4.39 Å². The van der Waals surface area contributed by atoms with Gasteiger partial charge in [0.25, 0.3) is 5.91 Å². The smallest absolute Gasteiger partial charge is 0.307 e. The Kier molecular flexibility index (Phi) is 8.71. The first-order valence-electron chi connectivity index (χ1n) is 9.98. The van der Waals surface area contributed by atoms with Crippen LogP contribution in [0.15, 0.2) is 41.3 Å². The molecule has 174 valence electrons. The summed E-state index contributed by atoms with van der Waals surface area (Å²) in [5.74, 6) is -0.302. The summed E-state index contributed by atoms with van der Waals surface area (Å²) in [6.45, 7) is 2.10. The van der Waals surface area contributed by atoms with Gasteiger partial charge in [0.1, 0.15) is 16.7 Å². The van der Waals surface area contributed by atoms with Gasteiger partial charge in [-0.3, -0.25) is 14.5 Å². The van der Waals surface area contributed by atoms with Gasteiger partial charge >= 0.3 is 5.97 Å². The molecule has 0 unspecified atom stereocenters. The molecule has 0 aromatic heterocycles. The van der Waals surface area contributed by atoms with Gasteiger partial charge < -0.3 is 14.2 Å². The van der Waals surface area contributed by atoms with Crippen molar-refractivity contribution in [3.63, 3.8) is 0 Å². The molecule has 2 aromatic rings. The number of thiocarbonyl (C=S) groups is 1. The van der Waals surface area contributed by atoms with Crippen molar-refractivity contribution in [3.05, 3.63) is 63.3 Å². The van der Waals surface area contributed by atoms with Gasteiger partial charge in [0.2, 0.25) is 0 Å². The van der Waals surface area contributed by atoms with Crippen LogP contribution in [0.3, 0.4) is 0 Å². The number of rotatable bonds is 9. The molecule has 0 saturated carbocycles. The van der Waals surface area contributed by atoms with E-state index in [4.69, 9.17) is 38.0 Å². The van der Waals surface area contributed by atoms with Crippen LogP contribution in [0.1, 0.15) is 24.5 Å². The zero-order valence-electron chi connectivity index (χ0n) is 17.9. The van der Waals surface area contributed by atoms with E-state index in [1.165, 1.54) is 24.1 Å². The van der Waals surface area contributed by atoms with Crippen LogP contribution < -0.4 is 9.47 Å². The Morgan fingerprint density at radius 3 is 2.76 bits per heavy atom. The quantitative estimate of drug-likeness (QED) is 0.261. The number of esters is 1. The fraction of sp³-hybridized carbons (Fsp3) is 0.261. The average molecular weight is 510 g/mol. The van der Waals surface area contributed by atoms with Gasteiger partial charge in [-0.05, 0) is 42.8 Å². The highest BCUT2D eigenvalue weighted by atomic mass is 35.5. The maximum atomic E-state index is 14.0. The lowest BCUT2D eigenvalue weighted by Gasteiger charge is -2.13. The highest BCUT2D eigenvalue weighted by Gasteiger charge is 2.32. The van der Waals surface area contributed by atoms with E-state index >= 15 is 0 Å². The molecule has 1 fully saturated rings. The molecule has 1 aliphatic heterocycles. The Hall–Kier alpha value is -2.62. The molecule has 1 amide bonds. The van der Waals surface area contributed by atoms with Gasteiger partial charge in [0, 0.05) is 12.1 Å². The third-order valence-corrected chi connectivity index (χ3v) is 6.37. The van der Waals surface area contributed by atoms with Crippen molar-refractivity contribution in [2.45, 2.75) is 20.0 Å². The van der Waals surface area contributed by atoms with E-state index in [9.17, 15) is 14.0 Å². The lowest BCUT2D eigenvalue weighted by molar-refractivity contribution is -0.143. The van der Waals surface area contributed by atoms with Crippen LogP contribution in [-0.2, 0) is 20.9 Å². The number of thioether (sulfide) groups is 1. The Bertz CT molecular complexity index is 1090. The van der Waals surface area contributed by atoms with E-state index in [1.807, 2.05) is 0 Å². The predicted molar refractivity (Wildman–Crippen MR) is 130 cm³/mol. The van der Waals surface area contributed by atoms with Crippen LogP contribution in [0.5, 0.6) is 11.5 Å². The molecule has 1 heterocycles. The largest absolute Gasteiger partial charge is 0.493 e. The number of hydrogen-bond donors (Lipinski definition) is 0. The number of methoxy groups -OCH3 is 1. The minimum Gasteiger partial charge on any atom is -0.493 e. The molecule has 0 aliphatic carbocycles. The molecule has 0 N–H and O–H groups in total. The fourth-order valence-electron chi connectivity index (χ4n) is 2.99. The first kappa shape index (κ1) is 25.0. The topological polar surface area (TPSA) is 65.1 Å². The van der Waals surface area contributed by atoms with Gasteiger partial charge in [-0.1, -0.05) is 47.7 Å². The van der Waals surface area contributed by atoms with E-state index in [2.05, 4.69) is 0 Å². The molecule has 1 saturated heterocycles. The van der Waals surface area contributed by atoms with Crippen molar-refractivity contribution in [1.29, 1.82) is 0 Å². The minimum atomic E-state index is -0.455. The predicted octanol–water partition coefficient (Wildman–Crippen LogP) is 5.22. The van der Waals surface area contributed by atoms with Crippen LogP contribution >= 0.6 is 35.6 Å². The Balaban J connectivity index is 1.72. The number of hydrogen-bond acceptors (Lipinski definition) is 7. The molecule has 6 nitrogen and oxygen atoms in total. The average Bonchev–Trinajstić information content (AvgIpc) is 3.05. The Labute approximate surface area is 205 Å². The van der Waals surface area contributed by atoms with Crippen molar-refractivity contribution in [3.8, 4) is 11.5 Å². The molecule has 0 atom stereocenters. The van der Waals surface area contributed by atoms with Crippen LogP contribution in [-0.4, -0.2) is 41.4 Å². The molecule has 0 radical (unpaired) electrons. The number of carbonyl (C=O) groups excluding carboxylic acids is 2. The van der Waals surface area contributed by atoms with Gasteiger partial charge in [-0.2, -0.15) is 0 Å². The Morgan fingerprint density at radius 1 is 1.27 bits per heavy atom. The van der Waals surface area contributed by atoms with Crippen molar-refractivity contribution >= 4 is 57.9 Å². The number of ether oxygens (including phenoxy) is 3. The molecule has 10 heteroatoms. The summed E-state index contributed by atoms with van der Waals surface area (Å²) in [6, 6.07) is 9.53. The standard InChI is InChI=1S/C23H21ClFNO5S2/c1-3-30-21(27)9-10-26-22(28)20(33-23(26)32)12-14-7-8-18(19(11-14)29-2)31-13-15-16(24)5-4-6-17(15)25/h4-8,11-12H,3,9-10,13H2,1-2H3/b20-12+. The number of nitrogens with zero attached hydrogens (tertiary/aromatic N) is 1. The van der Waals surface area contributed by atoms with Crippen LogP contribution in [0.25, 0.3) is 6.08 Å². The second-order valence-electron chi connectivity index (χ2n) is 6.79. The Morgan fingerprint density at radius 2 is 2.06 bits per heavy atom. The van der Waals surface area contributed by atoms with Crippen LogP contribution in [0, 0.1) is 5.82 Å². The first-order chi connectivity index (χ1) is 15.8. The molecule has 33 heavy (non-hydrogen) atoms. The van der Waals surface area contributed by atoms with Gasteiger partial charge in [-0.25, -0.2) is 4.39 Å². The van der Waals surface area contributed by atoms with E-state index < -0.39 is 5.82 Å². The van der Waals surface area contributed by atoms with Crippen LogP contribution in [0.2, 0.25) is 5.02 Å². The fourth-order valence-corrected chi connectivity index (χ4v) is 4.52. The molecule has 3 rings (SSSR count). The lowest BCUT2D eigenvalue weighted by atomic mass is 10.1. The summed E-state index contributed by atoms with van der Waals surface area (Å²) in [5.41, 5.74) is 0.936. The van der Waals surface area contributed by atoms with E-state index in [0.29, 0.717) is 26.3 Å². The summed E-state index contributed by atoms with van der Waals surface area (Å²) in [7, 11) is 1.48.